The second-order valence-corrected chi connectivity index (χ2v) is 5.26. The van der Waals surface area contributed by atoms with Crippen LogP contribution in [0.2, 0.25) is 0 Å². The van der Waals surface area contributed by atoms with E-state index in [0.29, 0.717) is 22.0 Å². The predicted octanol–water partition coefficient (Wildman–Crippen LogP) is 3.22. The highest BCUT2D eigenvalue weighted by Crippen LogP contribution is 2.27. The molecular formula is C15H15FN2O2S. The van der Waals surface area contributed by atoms with E-state index in [1.54, 1.807) is 30.3 Å². The number of hydrogen-bond acceptors (Lipinski definition) is 4. The van der Waals surface area contributed by atoms with Crippen LogP contribution in [0, 0.1) is 5.82 Å². The van der Waals surface area contributed by atoms with Crippen molar-refractivity contribution in [3.05, 3.63) is 59.4 Å². The van der Waals surface area contributed by atoms with Crippen LogP contribution >= 0.6 is 11.8 Å². The molecule has 0 fully saturated rings. The van der Waals surface area contributed by atoms with Gasteiger partial charge in [-0.3, -0.25) is 0 Å². The molecule has 6 heteroatoms. The van der Waals surface area contributed by atoms with Crippen molar-refractivity contribution in [3.63, 3.8) is 0 Å². The standard InChI is InChI=1S/C15H15FN2O2S/c1-20-13-7-6-10(8-11(13)15(17)18-19)9-21-14-5-3-2-4-12(14)16/h2-8,19H,9H2,1H3,(H2,17,18). The minimum Gasteiger partial charge on any atom is -0.496 e. The summed E-state index contributed by atoms with van der Waals surface area (Å²) in [6, 6.07) is 12.0. The van der Waals surface area contributed by atoms with Gasteiger partial charge in [-0.1, -0.05) is 23.4 Å². The average Bonchev–Trinajstić information content (AvgIpc) is 2.53. The van der Waals surface area contributed by atoms with Crippen molar-refractivity contribution < 1.29 is 14.3 Å². The van der Waals surface area contributed by atoms with E-state index in [-0.39, 0.29) is 11.7 Å². The highest BCUT2D eigenvalue weighted by atomic mass is 32.2. The van der Waals surface area contributed by atoms with Gasteiger partial charge in [0.2, 0.25) is 0 Å². The molecule has 110 valence electrons. The van der Waals surface area contributed by atoms with Gasteiger partial charge in [0.1, 0.15) is 11.6 Å². The number of hydrogen-bond donors (Lipinski definition) is 2. The first-order chi connectivity index (χ1) is 10.2. The number of nitrogens with two attached hydrogens (primary N) is 1. The van der Waals surface area contributed by atoms with E-state index in [1.165, 1.54) is 24.9 Å². The molecule has 0 aliphatic carbocycles. The van der Waals surface area contributed by atoms with E-state index < -0.39 is 0 Å². The van der Waals surface area contributed by atoms with Crippen LogP contribution in [0.25, 0.3) is 0 Å². The lowest BCUT2D eigenvalue weighted by Gasteiger charge is -2.10. The molecule has 0 aliphatic heterocycles. The number of nitrogens with zero attached hydrogens (tertiary/aromatic N) is 1. The third kappa shape index (κ3) is 3.66. The van der Waals surface area contributed by atoms with Gasteiger partial charge in [-0.2, -0.15) is 0 Å². The average molecular weight is 306 g/mol. The summed E-state index contributed by atoms with van der Waals surface area (Å²) in [6.07, 6.45) is 0. The zero-order chi connectivity index (χ0) is 15.2. The first-order valence-corrected chi connectivity index (χ1v) is 7.16. The lowest BCUT2D eigenvalue weighted by Crippen LogP contribution is -2.14. The topological polar surface area (TPSA) is 67.8 Å². The van der Waals surface area contributed by atoms with Crippen molar-refractivity contribution in [2.75, 3.05) is 7.11 Å². The second-order valence-electron chi connectivity index (χ2n) is 4.24. The highest BCUT2D eigenvalue weighted by molar-refractivity contribution is 7.98. The van der Waals surface area contributed by atoms with Crippen molar-refractivity contribution in [2.45, 2.75) is 10.6 Å². The Balaban J connectivity index is 2.20. The molecule has 3 N–H and O–H groups in total. The molecule has 0 bridgehead atoms. The van der Waals surface area contributed by atoms with Crippen molar-refractivity contribution in [1.82, 2.24) is 0 Å². The number of ether oxygens (including phenoxy) is 1. The molecule has 0 heterocycles. The van der Waals surface area contributed by atoms with Crippen LogP contribution in [0.15, 0.2) is 52.5 Å². The zero-order valence-corrected chi connectivity index (χ0v) is 12.2. The third-order valence-corrected chi connectivity index (χ3v) is 4.00. The lowest BCUT2D eigenvalue weighted by molar-refractivity contribution is 0.318. The zero-order valence-electron chi connectivity index (χ0n) is 11.4. The van der Waals surface area contributed by atoms with Gasteiger partial charge < -0.3 is 15.7 Å². The maximum atomic E-state index is 13.6. The summed E-state index contributed by atoms with van der Waals surface area (Å²) in [6.45, 7) is 0. The van der Waals surface area contributed by atoms with Gasteiger partial charge in [-0.15, -0.1) is 11.8 Å². The Morgan fingerprint density at radius 3 is 2.76 bits per heavy atom. The smallest absolute Gasteiger partial charge is 0.173 e. The predicted molar refractivity (Wildman–Crippen MR) is 81.5 cm³/mol. The van der Waals surface area contributed by atoms with E-state index in [9.17, 15) is 4.39 Å². The Kier molecular flexibility index (Phi) is 5.05. The largest absolute Gasteiger partial charge is 0.496 e. The minimum absolute atomic E-state index is 0.0235. The van der Waals surface area contributed by atoms with Crippen LogP contribution in [0.3, 0.4) is 0 Å². The molecule has 0 saturated heterocycles. The molecule has 2 aromatic carbocycles. The Morgan fingerprint density at radius 1 is 1.33 bits per heavy atom. The molecule has 0 aromatic heterocycles. The normalized spacial score (nSPS) is 11.4. The monoisotopic (exact) mass is 306 g/mol. The van der Waals surface area contributed by atoms with E-state index in [1.807, 2.05) is 6.07 Å². The first kappa shape index (κ1) is 15.2. The van der Waals surface area contributed by atoms with Crippen LogP contribution in [-0.2, 0) is 5.75 Å². The molecule has 0 unspecified atom stereocenters. The van der Waals surface area contributed by atoms with Gasteiger partial charge in [0.05, 0.1) is 12.7 Å². The minimum atomic E-state index is -0.243. The number of amidine groups is 1. The number of rotatable bonds is 5. The maximum absolute atomic E-state index is 13.6. The molecule has 0 spiro atoms. The Morgan fingerprint density at radius 2 is 2.10 bits per heavy atom. The summed E-state index contributed by atoms with van der Waals surface area (Å²) in [5.74, 6) is 0.818. The number of halogens is 1. The molecule has 0 atom stereocenters. The van der Waals surface area contributed by atoms with Crippen molar-refractivity contribution in [3.8, 4) is 5.75 Å². The molecule has 0 saturated carbocycles. The molecule has 4 nitrogen and oxygen atoms in total. The Hall–Kier alpha value is -2.21. The van der Waals surface area contributed by atoms with Crippen LogP contribution in [0.1, 0.15) is 11.1 Å². The van der Waals surface area contributed by atoms with Gasteiger partial charge in [0.15, 0.2) is 5.84 Å². The molecule has 0 amide bonds. The molecule has 0 aliphatic rings. The summed E-state index contributed by atoms with van der Waals surface area (Å²) in [4.78, 5) is 0.582. The van der Waals surface area contributed by atoms with Crippen molar-refractivity contribution in [2.24, 2.45) is 10.9 Å². The van der Waals surface area contributed by atoms with Gasteiger partial charge in [0.25, 0.3) is 0 Å². The Labute approximate surface area is 126 Å². The molecule has 2 aromatic rings. The summed E-state index contributed by atoms with van der Waals surface area (Å²) in [7, 11) is 1.51. The fourth-order valence-electron chi connectivity index (χ4n) is 1.82. The summed E-state index contributed by atoms with van der Waals surface area (Å²) in [5.41, 5.74) is 7.05. The van der Waals surface area contributed by atoms with Crippen LogP contribution in [-0.4, -0.2) is 18.2 Å². The summed E-state index contributed by atoms with van der Waals surface area (Å²) < 4.78 is 18.7. The van der Waals surface area contributed by atoms with Crippen LogP contribution < -0.4 is 10.5 Å². The molecular weight excluding hydrogens is 291 g/mol. The summed E-state index contributed by atoms with van der Waals surface area (Å²) in [5, 5.41) is 11.8. The SMILES string of the molecule is COc1ccc(CSc2ccccc2F)cc1C(N)=NO. The number of methoxy groups -OCH3 is 1. The van der Waals surface area contributed by atoms with E-state index in [2.05, 4.69) is 5.16 Å². The lowest BCUT2D eigenvalue weighted by atomic mass is 10.1. The Bertz CT molecular complexity index is 662. The second kappa shape index (κ2) is 6.99. The fraction of sp³-hybridized carbons (Fsp3) is 0.133. The number of oxime groups is 1. The number of thioether (sulfide) groups is 1. The van der Waals surface area contributed by atoms with E-state index in [0.717, 1.165) is 5.56 Å². The molecule has 21 heavy (non-hydrogen) atoms. The van der Waals surface area contributed by atoms with E-state index in [4.69, 9.17) is 15.7 Å². The first-order valence-electron chi connectivity index (χ1n) is 6.18. The van der Waals surface area contributed by atoms with Gasteiger partial charge in [0, 0.05) is 10.6 Å². The van der Waals surface area contributed by atoms with E-state index >= 15 is 0 Å². The van der Waals surface area contributed by atoms with Gasteiger partial charge in [-0.25, -0.2) is 4.39 Å². The quantitative estimate of drug-likeness (QED) is 0.293. The summed E-state index contributed by atoms with van der Waals surface area (Å²) >= 11 is 1.38. The van der Waals surface area contributed by atoms with Crippen molar-refractivity contribution >= 4 is 17.6 Å². The number of benzene rings is 2. The maximum Gasteiger partial charge on any atom is 0.173 e. The van der Waals surface area contributed by atoms with Gasteiger partial charge in [-0.05, 0) is 29.8 Å². The van der Waals surface area contributed by atoms with Crippen molar-refractivity contribution in [1.29, 1.82) is 0 Å². The van der Waals surface area contributed by atoms with Gasteiger partial charge >= 0.3 is 0 Å². The fourth-order valence-corrected chi connectivity index (χ4v) is 2.70. The molecule has 0 radical (unpaired) electrons. The third-order valence-electron chi connectivity index (χ3n) is 2.88. The van der Waals surface area contributed by atoms with Crippen LogP contribution in [0.5, 0.6) is 5.75 Å². The molecule has 2 rings (SSSR count). The van der Waals surface area contributed by atoms with Crippen LogP contribution in [0.4, 0.5) is 4.39 Å². The highest BCUT2D eigenvalue weighted by Gasteiger charge is 2.10.